The summed E-state index contributed by atoms with van der Waals surface area (Å²) in [5.74, 6) is -0.334. The number of halogens is 1. The smallest absolute Gasteiger partial charge is 0.222 e. The molecular weight excluding hydrogens is 331 g/mol. The molecular formula is C21H25FN2O2. The van der Waals surface area contributed by atoms with E-state index in [9.17, 15) is 14.3 Å². The van der Waals surface area contributed by atoms with Crippen LogP contribution in [0.5, 0.6) is 0 Å². The van der Waals surface area contributed by atoms with Gasteiger partial charge in [0.2, 0.25) is 5.91 Å². The molecule has 1 aliphatic rings. The number of amides is 1. The number of aliphatic hydroxyl groups excluding tert-OH is 1. The molecule has 0 saturated carbocycles. The molecule has 0 radical (unpaired) electrons. The normalized spacial score (nSPS) is 20.3. The van der Waals surface area contributed by atoms with Crippen LogP contribution < -0.4 is 0 Å². The molecule has 0 spiro atoms. The zero-order chi connectivity index (χ0) is 18.7. The Bertz CT molecular complexity index is 764. The Morgan fingerprint density at radius 1 is 1.15 bits per heavy atom. The molecule has 2 atom stereocenters. The minimum absolute atomic E-state index is 0.00861. The van der Waals surface area contributed by atoms with Gasteiger partial charge in [-0.3, -0.25) is 9.69 Å². The van der Waals surface area contributed by atoms with Crippen molar-refractivity contribution in [3.63, 3.8) is 0 Å². The van der Waals surface area contributed by atoms with E-state index in [4.69, 9.17) is 0 Å². The fraction of sp³-hybridized carbons (Fsp3) is 0.381. The molecule has 1 amide bonds. The zero-order valence-electron chi connectivity index (χ0n) is 15.2. The summed E-state index contributed by atoms with van der Waals surface area (Å²) >= 11 is 0. The fourth-order valence-corrected chi connectivity index (χ4v) is 3.40. The van der Waals surface area contributed by atoms with Gasteiger partial charge in [-0.25, -0.2) is 4.39 Å². The van der Waals surface area contributed by atoms with Crippen molar-refractivity contribution < 1.29 is 14.3 Å². The first-order chi connectivity index (χ1) is 12.4. The van der Waals surface area contributed by atoms with E-state index >= 15 is 0 Å². The van der Waals surface area contributed by atoms with Crippen molar-refractivity contribution in [2.45, 2.75) is 19.1 Å². The van der Waals surface area contributed by atoms with E-state index in [0.717, 1.165) is 11.1 Å². The second-order valence-corrected chi connectivity index (χ2v) is 7.19. The number of hydrogen-bond acceptors (Lipinski definition) is 3. The second kappa shape index (κ2) is 7.98. The number of hydrogen-bond donors (Lipinski definition) is 1. The van der Waals surface area contributed by atoms with Gasteiger partial charge in [0, 0.05) is 51.6 Å². The summed E-state index contributed by atoms with van der Waals surface area (Å²) in [6.07, 6.45) is -0.231. The van der Waals surface area contributed by atoms with Crippen molar-refractivity contribution in [1.29, 1.82) is 0 Å². The summed E-state index contributed by atoms with van der Waals surface area (Å²) in [7, 11) is 3.43. The number of nitrogens with zero attached hydrogens (tertiary/aromatic N) is 2. The summed E-state index contributed by atoms with van der Waals surface area (Å²) in [5.41, 5.74) is 2.44. The topological polar surface area (TPSA) is 43.8 Å². The molecule has 0 unspecified atom stereocenters. The number of likely N-dealkylation sites (tertiary alicyclic amines) is 1. The molecule has 1 fully saturated rings. The first-order valence-electron chi connectivity index (χ1n) is 8.88. The minimum Gasteiger partial charge on any atom is -0.391 e. The highest BCUT2D eigenvalue weighted by molar-refractivity contribution is 5.75. The molecule has 1 saturated heterocycles. The lowest BCUT2D eigenvalue weighted by Gasteiger charge is -2.17. The third-order valence-corrected chi connectivity index (χ3v) is 4.97. The van der Waals surface area contributed by atoms with Gasteiger partial charge in [-0.15, -0.1) is 0 Å². The predicted octanol–water partition coefficient (Wildman–Crippen LogP) is 2.76. The average molecular weight is 356 g/mol. The molecule has 1 N–H and O–H groups in total. The van der Waals surface area contributed by atoms with Crippen molar-refractivity contribution in [2.75, 3.05) is 27.2 Å². The van der Waals surface area contributed by atoms with Crippen LogP contribution in [0.15, 0.2) is 48.5 Å². The predicted molar refractivity (Wildman–Crippen MR) is 99.9 cm³/mol. The van der Waals surface area contributed by atoms with Gasteiger partial charge in [-0.05, 0) is 17.2 Å². The van der Waals surface area contributed by atoms with E-state index in [1.54, 1.807) is 20.2 Å². The summed E-state index contributed by atoms with van der Waals surface area (Å²) < 4.78 is 14.5. The van der Waals surface area contributed by atoms with E-state index in [2.05, 4.69) is 0 Å². The molecule has 26 heavy (non-hydrogen) atoms. The van der Waals surface area contributed by atoms with Crippen LogP contribution in [0, 0.1) is 11.7 Å². The third kappa shape index (κ3) is 4.29. The summed E-state index contributed by atoms with van der Waals surface area (Å²) in [4.78, 5) is 15.4. The maximum atomic E-state index is 14.5. The van der Waals surface area contributed by atoms with Gasteiger partial charge < -0.3 is 10.0 Å². The molecule has 0 bridgehead atoms. The molecule has 4 nitrogen and oxygen atoms in total. The number of β-amino-alcohol motifs (C(OH)–C–C–N with tert-alkyl or cyclic N) is 1. The van der Waals surface area contributed by atoms with E-state index < -0.39 is 6.10 Å². The van der Waals surface area contributed by atoms with Gasteiger partial charge in [0.25, 0.3) is 0 Å². The van der Waals surface area contributed by atoms with E-state index in [-0.39, 0.29) is 17.6 Å². The van der Waals surface area contributed by atoms with E-state index in [1.165, 1.54) is 4.90 Å². The van der Waals surface area contributed by atoms with Gasteiger partial charge in [0.1, 0.15) is 5.82 Å². The molecule has 2 aromatic carbocycles. The van der Waals surface area contributed by atoms with Crippen molar-refractivity contribution >= 4 is 5.91 Å². The van der Waals surface area contributed by atoms with Crippen LogP contribution in [-0.4, -0.2) is 54.1 Å². The number of rotatable bonds is 5. The molecule has 1 heterocycles. The van der Waals surface area contributed by atoms with Crippen molar-refractivity contribution in [2.24, 2.45) is 5.92 Å². The SMILES string of the molecule is CN(C)C(=O)C[C@@H]1CN(Cc2ccc(-c3ccccc3)cc2F)C[C@H]1O. The molecule has 2 aromatic rings. The van der Waals surface area contributed by atoms with Crippen LogP contribution in [0.3, 0.4) is 0 Å². The van der Waals surface area contributed by atoms with Crippen molar-refractivity contribution in [1.82, 2.24) is 9.80 Å². The highest BCUT2D eigenvalue weighted by Gasteiger charge is 2.33. The van der Waals surface area contributed by atoms with Crippen LogP contribution in [-0.2, 0) is 11.3 Å². The van der Waals surface area contributed by atoms with Crippen LogP contribution in [0.1, 0.15) is 12.0 Å². The molecule has 5 heteroatoms. The minimum atomic E-state index is -0.550. The van der Waals surface area contributed by atoms with Gasteiger partial charge in [-0.2, -0.15) is 0 Å². The zero-order valence-corrected chi connectivity index (χ0v) is 15.2. The largest absolute Gasteiger partial charge is 0.391 e. The summed E-state index contributed by atoms with van der Waals surface area (Å²) in [5, 5.41) is 10.2. The number of carbonyl (C=O) groups is 1. The Labute approximate surface area is 153 Å². The number of aliphatic hydroxyl groups is 1. The molecule has 0 aromatic heterocycles. The lowest BCUT2D eigenvalue weighted by atomic mass is 10.0. The quantitative estimate of drug-likeness (QED) is 0.896. The monoisotopic (exact) mass is 356 g/mol. The standard InChI is InChI=1S/C21H25FN2O2/c1-23(2)21(26)11-18-13-24(14-20(18)25)12-17-9-8-16(10-19(17)22)15-6-4-3-5-7-15/h3-10,18,20,25H,11-14H2,1-2H3/t18-,20-/m1/s1. The Kier molecular flexibility index (Phi) is 5.69. The third-order valence-electron chi connectivity index (χ3n) is 4.97. The molecule has 1 aliphatic heterocycles. The molecule has 138 valence electrons. The lowest BCUT2D eigenvalue weighted by Crippen LogP contribution is -2.28. The van der Waals surface area contributed by atoms with E-state index in [1.807, 2.05) is 47.4 Å². The van der Waals surface area contributed by atoms with Gasteiger partial charge in [0.05, 0.1) is 6.10 Å². The first kappa shape index (κ1) is 18.5. The Morgan fingerprint density at radius 3 is 2.54 bits per heavy atom. The summed E-state index contributed by atoms with van der Waals surface area (Å²) in [6.45, 7) is 1.50. The maximum Gasteiger partial charge on any atom is 0.222 e. The molecule has 0 aliphatic carbocycles. The Hall–Kier alpha value is -2.24. The van der Waals surface area contributed by atoms with Gasteiger partial charge in [0.15, 0.2) is 0 Å². The van der Waals surface area contributed by atoms with Crippen LogP contribution in [0.2, 0.25) is 0 Å². The number of carbonyl (C=O) groups excluding carboxylic acids is 1. The fourth-order valence-electron chi connectivity index (χ4n) is 3.40. The molecule has 3 rings (SSSR count). The second-order valence-electron chi connectivity index (χ2n) is 7.19. The number of benzene rings is 2. The van der Waals surface area contributed by atoms with E-state index in [0.29, 0.717) is 31.6 Å². The van der Waals surface area contributed by atoms with Crippen molar-refractivity contribution in [3.8, 4) is 11.1 Å². The first-order valence-corrected chi connectivity index (χ1v) is 8.88. The maximum absolute atomic E-state index is 14.5. The highest BCUT2D eigenvalue weighted by atomic mass is 19.1. The lowest BCUT2D eigenvalue weighted by molar-refractivity contribution is -0.130. The average Bonchev–Trinajstić information content (AvgIpc) is 2.96. The Balaban J connectivity index is 1.65. The summed E-state index contributed by atoms with van der Waals surface area (Å²) in [6, 6.07) is 15.0. The Morgan fingerprint density at radius 2 is 1.88 bits per heavy atom. The van der Waals surface area contributed by atoms with Gasteiger partial charge in [-0.1, -0.05) is 42.5 Å². The van der Waals surface area contributed by atoms with Gasteiger partial charge >= 0.3 is 0 Å². The van der Waals surface area contributed by atoms with Crippen LogP contribution in [0.4, 0.5) is 4.39 Å². The van der Waals surface area contributed by atoms with Crippen molar-refractivity contribution in [3.05, 3.63) is 59.9 Å². The van der Waals surface area contributed by atoms with Crippen LogP contribution >= 0.6 is 0 Å². The van der Waals surface area contributed by atoms with Crippen LogP contribution in [0.25, 0.3) is 11.1 Å². The highest BCUT2D eigenvalue weighted by Crippen LogP contribution is 2.26.